The van der Waals surface area contributed by atoms with Crippen molar-refractivity contribution in [3.8, 4) is 107 Å². The minimum Gasteiger partial charge on any atom is -0.309 e. The molecular formula is C128H98N7O3P3Si3. The average molecular weight is 1960 g/mol. The molecule has 6 heterocycles. The van der Waals surface area contributed by atoms with Gasteiger partial charge in [-0.25, -0.2) is 29.9 Å². The van der Waals surface area contributed by atoms with Crippen LogP contribution in [-0.4, -0.2) is 58.7 Å². The average Bonchev–Trinajstić information content (AvgIpc) is 0.718. The van der Waals surface area contributed by atoms with Crippen molar-refractivity contribution in [1.29, 1.82) is 0 Å². The van der Waals surface area contributed by atoms with Gasteiger partial charge < -0.3 is 18.3 Å². The maximum Gasteiger partial charge on any atom is 0.170 e. The lowest BCUT2D eigenvalue weighted by Gasteiger charge is -2.38. The maximum atomic E-state index is 15.8. The van der Waals surface area contributed by atoms with E-state index in [0.717, 1.165) is 142 Å². The second-order valence-corrected chi connectivity index (χ2v) is 60.0. The summed E-state index contributed by atoms with van der Waals surface area (Å²) >= 11 is 0. The van der Waals surface area contributed by atoms with Gasteiger partial charge >= 0.3 is 0 Å². The van der Waals surface area contributed by atoms with Crippen LogP contribution >= 0.6 is 21.4 Å². The smallest absolute Gasteiger partial charge is 0.170 e. The summed E-state index contributed by atoms with van der Waals surface area (Å²) in [7, 11) is -15.6. The Morgan fingerprint density at radius 1 is 0.188 bits per heavy atom. The molecule has 20 aromatic carbocycles. The number of rotatable bonds is 13. The van der Waals surface area contributed by atoms with E-state index >= 15 is 13.7 Å². The zero-order chi connectivity index (χ0) is 97.6. The highest BCUT2D eigenvalue weighted by Crippen LogP contribution is 2.50. The lowest BCUT2D eigenvalue weighted by atomic mass is 9.95. The van der Waals surface area contributed by atoms with Crippen molar-refractivity contribution >= 4 is 168 Å². The predicted molar refractivity (Wildman–Crippen MR) is 613 cm³/mol. The number of benzene rings is 20. The number of hydrogen-bond acceptors (Lipinski definition) is 9. The molecule has 0 aliphatic carbocycles. The molecule has 0 saturated carbocycles. The number of nitrogens with zero attached hydrogens (tertiary/aromatic N) is 7. The van der Waals surface area contributed by atoms with Gasteiger partial charge in [-0.05, 0) is 147 Å². The first-order valence-electron chi connectivity index (χ1n) is 48.9. The van der Waals surface area contributed by atoms with E-state index in [0.29, 0.717) is 34.9 Å². The van der Waals surface area contributed by atoms with Crippen molar-refractivity contribution < 1.29 is 13.7 Å². The topological polar surface area (TPSA) is 133 Å². The van der Waals surface area contributed by atoms with Crippen LogP contribution in [0.3, 0.4) is 0 Å². The summed E-state index contributed by atoms with van der Waals surface area (Å²) in [6.45, 7) is 14.3. The molecule has 0 fully saturated rings. The number of para-hydroxylation sites is 2. The highest BCUT2D eigenvalue weighted by molar-refractivity contribution is 7.88. The van der Waals surface area contributed by atoms with Crippen LogP contribution in [0.5, 0.6) is 0 Å². The van der Waals surface area contributed by atoms with Gasteiger partial charge in [0.25, 0.3) is 0 Å². The molecule has 23 aromatic rings. The highest BCUT2D eigenvalue weighted by Gasteiger charge is 2.49. The van der Waals surface area contributed by atoms with Crippen molar-refractivity contribution in [2.75, 3.05) is 0 Å². The third-order valence-corrected chi connectivity index (χ3v) is 50.9. The van der Waals surface area contributed by atoms with Crippen LogP contribution in [0.25, 0.3) is 151 Å². The second-order valence-electron chi connectivity index (χ2n) is 38.9. The molecule has 3 atom stereocenters. The standard InChI is InChI=1S/2C45H34N3OPSi.C38H30NOPSi/c1-51(2)41-27-13-12-26-39(41)50(49,34-20-10-5-11-21-34)40-30-33(28-29-42(40)51)35-22-14-24-37-36(35)23-15-25-38(37)45-47-43(31-16-6-3-7-17-31)46-44(48-45)32-18-8-4-9-19-32;1-51(2)41-21-13-12-20-39(41)50(49,38-18-10-5-11-19-38)40-30-36(26-27-42(40)51)34-22-23-35-29-37(25-24-33(35)28-34)45-47-43(31-14-6-3-7-15-31)46-44(48-45)32-16-8-4-9-17-32;1-42(2)37-20-12-11-19-35(37)41(40,30-15-7-4-8-16-30)36-26-28(22-24-38(36)42)27-21-23-34-32(25-27)31-17-9-10-18-33(31)39(34)29-13-5-3-6-14-29/h2*3-30H,1-2H3;3-26H,1-2H3. The Balaban J connectivity index is 0.000000117. The van der Waals surface area contributed by atoms with Gasteiger partial charge in [0.2, 0.25) is 0 Å². The van der Waals surface area contributed by atoms with Crippen LogP contribution in [0, 0.1) is 0 Å². The van der Waals surface area contributed by atoms with Gasteiger partial charge in [0, 0.05) is 97.6 Å². The molecule has 690 valence electrons. The Hall–Kier alpha value is -15.9. The second kappa shape index (κ2) is 36.6. The first kappa shape index (κ1) is 90.6. The molecular weight excluding hydrogens is 1860 g/mol. The van der Waals surface area contributed by atoms with E-state index in [1.807, 2.05) is 231 Å². The molecule has 0 saturated heterocycles. The van der Waals surface area contributed by atoms with Crippen molar-refractivity contribution in [2.45, 2.75) is 39.3 Å². The van der Waals surface area contributed by atoms with E-state index in [1.54, 1.807) is 0 Å². The minimum atomic E-state index is -3.15. The normalized spacial score (nSPS) is 16.3. The Labute approximate surface area is 841 Å². The van der Waals surface area contributed by atoms with Gasteiger partial charge in [0.1, 0.15) is 24.2 Å². The summed E-state index contributed by atoms with van der Waals surface area (Å²) in [6.07, 6.45) is 0. The van der Waals surface area contributed by atoms with Crippen LogP contribution in [0.15, 0.2) is 485 Å². The van der Waals surface area contributed by atoms with Crippen molar-refractivity contribution in [2.24, 2.45) is 0 Å². The van der Waals surface area contributed by atoms with Gasteiger partial charge in [0.05, 0.1) is 11.0 Å². The quantitative estimate of drug-likeness (QED) is 0.0817. The Morgan fingerprint density at radius 3 is 0.889 bits per heavy atom. The number of hydrogen-bond donors (Lipinski definition) is 0. The predicted octanol–water partition coefficient (Wildman–Crippen LogP) is 24.2. The molecule has 0 amide bonds. The summed E-state index contributed by atoms with van der Waals surface area (Å²) in [6, 6.07) is 167. The fourth-order valence-corrected chi connectivity index (χ4v) is 46.7. The summed E-state index contributed by atoms with van der Waals surface area (Å²) < 4.78 is 49.2. The number of fused-ring (bicyclic) bond motifs is 11. The molecule has 0 spiro atoms. The maximum absolute atomic E-state index is 15.8. The fraction of sp³-hybridized carbons (Fsp3) is 0.0469. The van der Waals surface area contributed by atoms with Gasteiger partial charge in [-0.2, -0.15) is 0 Å². The molecule has 16 heteroatoms. The fourth-order valence-electron chi connectivity index (χ4n) is 22.1. The molecule has 3 aliphatic rings. The summed E-state index contributed by atoms with van der Waals surface area (Å²) in [5, 5.41) is 23.0. The lowest BCUT2D eigenvalue weighted by molar-refractivity contribution is 0.591. The van der Waals surface area contributed by atoms with Crippen molar-refractivity contribution in [1.82, 2.24) is 34.5 Å². The Bertz CT molecular complexity index is 9040. The molecule has 3 aliphatic heterocycles. The summed E-state index contributed by atoms with van der Waals surface area (Å²) in [4.78, 5) is 29.7. The van der Waals surface area contributed by atoms with E-state index in [9.17, 15) is 0 Å². The zero-order valence-electron chi connectivity index (χ0n) is 80.4. The van der Waals surface area contributed by atoms with Gasteiger partial charge in [-0.1, -0.05) is 464 Å². The largest absolute Gasteiger partial charge is 0.309 e. The molecule has 0 bridgehead atoms. The van der Waals surface area contributed by atoms with Crippen molar-refractivity contribution in [3.63, 3.8) is 0 Å². The summed E-state index contributed by atoms with van der Waals surface area (Å²) in [5.74, 6) is 3.80. The lowest BCUT2D eigenvalue weighted by Crippen LogP contribution is -2.67. The van der Waals surface area contributed by atoms with E-state index in [1.165, 1.54) is 52.9 Å². The van der Waals surface area contributed by atoms with Crippen LogP contribution in [0.4, 0.5) is 0 Å². The van der Waals surface area contributed by atoms with E-state index in [2.05, 4.69) is 299 Å². The highest BCUT2D eigenvalue weighted by atomic mass is 31.2. The molecule has 10 nitrogen and oxygen atoms in total. The van der Waals surface area contributed by atoms with E-state index < -0.39 is 45.6 Å². The molecule has 3 aromatic heterocycles. The van der Waals surface area contributed by atoms with E-state index in [4.69, 9.17) is 29.9 Å². The van der Waals surface area contributed by atoms with E-state index in [-0.39, 0.29) is 0 Å². The minimum absolute atomic E-state index is 0.619. The molecule has 3 unspecified atom stereocenters. The van der Waals surface area contributed by atoms with Crippen LogP contribution in [0.2, 0.25) is 39.3 Å². The van der Waals surface area contributed by atoms with Crippen LogP contribution in [-0.2, 0) is 13.7 Å². The van der Waals surface area contributed by atoms with Crippen molar-refractivity contribution in [3.05, 3.63) is 485 Å². The first-order chi connectivity index (χ1) is 70.3. The Kier molecular flexibility index (Phi) is 23.0. The summed E-state index contributed by atoms with van der Waals surface area (Å²) in [5.41, 5.74) is 15.7. The Morgan fingerprint density at radius 2 is 0.465 bits per heavy atom. The molecule has 0 N–H and O–H groups in total. The van der Waals surface area contributed by atoms with Gasteiger partial charge in [-0.3, -0.25) is 0 Å². The molecule has 144 heavy (non-hydrogen) atoms. The zero-order valence-corrected chi connectivity index (χ0v) is 86.1. The third kappa shape index (κ3) is 15.6. The van der Waals surface area contributed by atoms with Gasteiger partial charge in [-0.15, -0.1) is 0 Å². The van der Waals surface area contributed by atoms with Crippen LogP contribution in [0.1, 0.15) is 0 Å². The monoisotopic (exact) mass is 1960 g/mol. The third-order valence-electron chi connectivity index (χ3n) is 29.5. The molecule has 26 rings (SSSR count). The number of aromatic nitrogens is 7. The molecule has 0 radical (unpaired) electrons. The van der Waals surface area contributed by atoms with Crippen LogP contribution < -0.4 is 78.9 Å². The SMILES string of the molecule is C[Si]1(C)c2ccccc2P(=O)(c2ccccc2)c2cc(-c3ccc4c(c3)c3ccccc3n4-c3ccccc3)ccc21.C[Si]1(C)c2ccccc2P(=O)(c2ccccc2)c2cc(-c3ccc4cc(-c5nc(-c6ccccc6)nc(-c6ccccc6)n5)ccc4c3)ccc21.C[Si]1(C)c2ccccc2P(=O)(c2ccccc2)c2cc(-c3cccc4c(-c5nc(-c6ccccc6)nc(-c6ccccc6)n5)cccc34)ccc21. The first-order valence-corrected chi connectivity index (χ1v) is 63.0. The van der Waals surface area contributed by atoms with Gasteiger partial charge in [0.15, 0.2) is 56.4 Å².